The fourth-order valence-corrected chi connectivity index (χ4v) is 3.58. The molecule has 1 heterocycles. The summed E-state index contributed by atoms with van der Waals surface area (Å²) in [6.45, 7) is 0.864. The minimum atomic E-state index is 0.217. The van der Waals surface area contributed by atoms with Crippen LogP contribution in [0.5, 0.6) is 0 Å². The number of hydrogen-bond acceptors (Lipinski definition) is 2. The van der Waals surface area contributed by atoms with Crippen LogP contribution in [0.4, 0.5) is 5.69 Å². The maximum atomic E-state index is 12.9. The first-order chi connectivity index (χ1) is 11.8. The normalized spacial score (nSPS) is 18.2. The van der Waals surface area contributed by atoms with Crippen LogP contribution in [-0.4, -0.2) is 17.4 Å². The summed E-state index contributed by atoms with van der Waals surface area (Å²) in [4.78, 5) is 15.0. The third-order valence-electron chi connectivity index (χ3n) is 4.92. The molecule has 2 aromatic rings. The number of likely N-dealkylation sites (tertiary alicyclic amines) is 1. The lowest BCUT2D eigenvalue weighted by molar-refractivity contribution is -0.133. The lowest BCUT2D eigenvalue weighted by Crippen LogP contribution is -2.35. The van der Waals surface area contributed by atoms with E-state index >= 15 is 0 Å². The van der Waals surface area contributed by atoms with Crippen LogP contribution in [0, 0.1) is 0 Å². The van der Waals surface area contributed by atoms with E-state index < -0.39 is 0 Å². The van der Waals surface area contributed by atoms with E-state index in [1.807, 2.05) is 30.3 Å². The number of hydrogen-bond donors (Lipinski definition) is 1. The summed E-state index contributed by atoms with van der Waals surface area (Å²) >= 11 is 0. The number of amides is 1. The lowest BCUT2D eigenvalue weighted by atomic mass is 10.00. The zero-order valence-corrected chi connectivity index (χ0v) is 14.2. The van der Waals surface area contributed by atoms with Crippen LogP contribution in [-0.2, 0) is 11.2 Å². The van der Waals surface area contributed by atoms with Crippen LogP contribution in [0.2, 0.25) is 0 Å². The van der Waals surface area contributed by atoms with Gasteiger partial charge in [-0.1, -0.05) is 61.4 Å². The predicted molar refractivity (Wildman–Crippen MR) is 98.5 cm³/mol. The first-order valence-electron chi connectivity index (χ1n) is 8.93. The molecule has 2 N–H and O–H groups in total. The van der Waals surface area contributed by atoms with E-state index in [1.165, 1.54) is 18.4 Å². The Kier molecular flexibility index (Phi) is 5.52. The van der Waals surface area contributed by atoms with Crippen molar-refractivity contribution >= 4 is 11.6 Å². The summed E-state index contributed by atoms with van der Waals surface area (Å²) in [6, 6.07) is 18.5. The summed E-state index contributed by atoms with van der Waals surface area (Å²) in [5.41, 5.74) is 9.11. The van der Waals surface area contributed by atoms with Crippen LogP contribution in [0.3, 0.4) is 0 Å². The quantitative estimate of drug-likeness (QED) is 0.851. The molecule has 1 saturated heterocycles. The largest absolute Gasteiger partial charge is 0.399 e. The first kappa shape index (κ1) is 16.6. The molecule has 1 aliphatic heterocycles. The molecule has 3 heteroatoms. The third-order valence-corrected chi connectivity index (χ3v) is 4.92. The number of carbonyl (C=O) groups is 1. The number of rotatable bonds is 4. The highest BCUT2D eigenvalue weighted by Gasteiger charge is 2.26. The smallest absolute Gasteiger partial charge is 0.223 e. The van der Waals surface area contributed by atoms with Gasteiger partial charge in [-0.25, -0.2) is 0 Å². The summed E-state index contributed by atoms with van der Waals surface area (Å²) in [5.74, 6) is 0.244. The molecule has 0 aromatic heterocycles. The van der Waals surface area contributed by atoms with Crippen molar-refractivity contribution in [1.82, 2.24) is 4.90 Å². The van der Waals surface area contributed by atoms with Crippen molar-refractivity contribution in [2.75, 3.05) is 12.3 Å². The molecule has 126 valence electrons. The van der Waals surface area contributed by atoms with E-state index in [2.05, 4.69) is 29.2 Å². The number of benzene rings is 2. The fourth-order valence-electron chi connectivity index (χ4n) is 3.58. The maximum Gasteiger partial charge on any atom is 0.223 e. The highest BCUT2D eigenvalue weighted by molar-refractivity contribution is 5.77. The van der Waals surface area contributed by atoms with E-state index in [0.29, 0.717) is 12.8 Å². The van der Waals surface area contributed by atoms with Gasteiger partial charge in [0.25, 0.3) is 0 Å². The highest BCUT2D eigenvalue weighted by atomic mass is 16.2. The standard InChI is InChI=1S/C21H26N2O/c22-19-12-7-6-9-17(19)14-15-21(24)23-16-8-2-5-13-20(23)18-10-3-1-4-11-18/h1,3-4,6-7,9-12,20H,2,5,8,13-16,22H2. The molecule has 3 rings (SSSR count). The summed E-state index contributed by atoms with van der Waals surface area (Å²) in [5, 5.41) is 0. The maximum absolute atomic E-state index is 12.9. The Morgan fingerprint density at radius 2 is 1.75 bits per heavy atom. The summed E-state index contributed by atoms with van der Waals surface area (Å²) in [6.07, 6.45) is 5.79. The van der Waals surface area contributed by atoms with Crippen molar-refractivity contribution in [3.8, 4) is 0 Å². The topological polar surface area (TPSA) is 46.3 Å². The van der Waals surface area contributed by atoms with Gasteiger partial charge in [0.2, 0.25) is 5.91 Å². The summed E-state index contributed by atoms with van der Waals surface area (Å²) < 4.78 is 0. The molecule has 0 bridgehead atoms. The van der Waals surface area contributed by atoms with Crippen molar-refractivity contribution in [3.63, 3.8) is 0 Å². The Morgan fingerprint density at radius 3 is 2.54 bits per heavy atom. The number of nitrogen functional groups attached to an aromatic ring is 1. The van der Waals surface area contributed by atoms with Gasteiger partial charge < -0.3 is 10.6 Å². The number of nitrogens with zero attached hydrogens (tertiary/aromatic N) is 1. The predicted octanol–water partition coefficient (Wildman–Crippen LogP) is 4.35. The van der Waals surface area contributed by atoms with Crippen molar-refractivity contribution in [3.05, 3.63) is 65.7 Å². The van der Waals surface area contributed by atoms with E-state index in [-0.39, 0.29) is 11.9 Å². The van der Waals surface area contributed by atoms with E-state index in [1.54, 1.807) is 0 Å². The molecule has 1 unspecified atom stereocenters. The Balaban J connectivity index is 1.71. The Morgan fingerprint density at radius 1 is 1.00 bits per heavy atom. The molecular weight excluding hydrogens is 296 g/mol. The van der Waals surface area contributed by atoms with Crippen molar-refractivity contribution in [1.29, 1.82) is 0 Å². The minimum Gasteiger partial charge on any atom is -0.399 e. The van der Waals surface area contributed by atoms with E-state index in [4.69, 9.17) is 5.73 Å². The van der Waals surface area contributed by atoms with E-state index in [0.717, 1.165) is 30.6 Å². The zero-order chi connectivity index (χ0) is 16.8. The highest BCUT2D eigenvalue weighted by Crippen LogP contribution is 2.30. The molecule has 24 heavy (non-hydrogen) atoms. The lowest BCUT2D eigenvalue weighted by Gasteiger charge is -2.30. The van der Waals surface area contributed by atoms with Crippen molar-refractivity contribution in [2.24, 2.45) is 0 Å². The van der Waals surface area contributed by atoms with Crippen LogP contribution >= 0.6 is 0 Å². The molecule has 0 aliphatic carbocycles. The van der Waals surface area contributed by atoms with Gasteiger partial charge >= 0.3 is 0 Å². The Labute approximate surface area is 144 Å². The fraction of sp³-hybridized carbons (Fsp3) is 0.381. The van der Waals surface area contributed by atoms with Gasteiger partial charge in [0.05, 0.1) is 6.04 Å². The Bertz CT molecular complexity index is 669. The number of nitrogens with two attached hydrogens (primary N) is 1. The second-order valence-electron chi connectivity index (χ2n) is 6.56. The Hall–Kier alpha value is -2.29. The SMILES string of the molecule is Nc1ccccc1CCC(=O)N1CCCCCC1c1ccccc1. The van der Waals surface area contributed by atoms with Crippen molar-refractivity contribution in [2.45, 2.75) is 44.6 Å². The van der Waals surface area contributed by atoms with Gasteiger partial charge in [-0.05, 0) is 36.5 Å². The number of carbonyl (C=O) groups excluding carboxylic acids is 1. The van der Waals surface area contributed by atoms with Crippen LogP contribution in [0.25, 0.3) is 0 Å². The molecule has 1 amide bonds. The average molecular weight is 322 g/mol. The third kappa shape index (κ3) is 3.97. The first-order valence-corrected chi connectivity index (χ1v) is 8.93. The van der Waals surface area contributed by atoms with Gasteiger partial charge in [0.15, 0.2) is 0 Å². The number of aryl methyl sites for hydroxylation is 1. The molecule has 3 nitrogen and oxygen atoms in total. The molecule has 0 saturated carbocycles. The van der Waals surface area contributed by atoms with Gasteiger partial charge in [-0.3, -0.25) is 4.79 Å². The molecule has 0 spiro atoms. The molecule has 1 aliphatic rings. The number of para-hydroxylation sites is 1. The average Bonchev–Trinajstić information content (AvgIpc) is 2.87. The molecule has 1 atom stereocenters. The van der Waals surface area contributed by atoms with Crippen LogP contribution < -0.4 is 5.73 Å². The van der Waals surface area contributed by atoms with Gasteiger partial charge in [-0.2, -0.15) is 0 Å². The van der Waals surface area contributed by atoms with Gasteiger partial charge in [0.1, 0.15) is 0 Å². The van der Waals surface area contributed by atoms with Gasteiger partial charge in [0, 0.05) is 18.7 Å². The zero-order valence-electron chi connectivity index (χ0n) is 14.2. The van der Waals surface area contributed by atoms with Gasteiger partial charge in [-0.15, -0.1) is 0 Å². The monoisotopic (exact) mass is 322 g/mol. The molecule has 0 radical (unpaired) electrons. The van der Waals surface area contributed by atoms with Crippen molar-refractivity contribution < 1.29 is 4.79 Å². The second kappa shape index (κ2) is 8.00. The number of anilines is 1. The molecule has 2 aromatic carbocycles. The molecule has 1 fully saturated rings. The van der Waals surface area contributed by atoms with E-state index in [9.17, 15) is 4.79 Å². The van der Waals surface area contributed by atoms with Crippen LogP contribution in [0.1, 0.15) is 49.3 Å². The minimum absolute atomic E-state index is 0.217. The second-order valence-corrected chi connectivity index (χ2v) is 6.56. The molecular formula is C21H26N2O. The van der Waals surface area contributed by atoms with Crippen LogP contribution in [0.15, 0.2) is 54.6 Å². The summed E-state index contributed by atoms with van der Waals surface area (Å²) in [7, 11) is 0.